The highest BCUT2D eigenvalue weighted by molar-refractivity contribution is 5.08. The standard InChI is InChI=1S/C19H30N2/c1-2-9-21-19(8-6-15-4-3-10-20-14-15)13-18-12-16-5-7-17(18)11-16/h3-4,10,14,16-19,21H,2,5-9,11-13H2,1H3. The Bertz CT molecular complexity index is 417. The van der Waals surface area contributed by atoms with Crippen LogP contribution in [-0.2, 0) is 6.42 Å². The summed E-state index contributed by atoms with van der Waals surface area (Å²) in [5, 5.41) is 3.81. The molecule has 0 radical (unpaired) electrons. The van der Waals surface area contributed by atoms with Gasteiger partial charge in [0.25, 0.3) is 0 Å². The second-order valence-electron chi connectivity index (χ2n) is 7.22. The van der Waals surface area contributed by atoms with E-state index in [-0.39, 0.29) is 0 Å². The van der Waals surface area contributed by atoms with Crippen molar-refractivity contribution in [3.05, 3.63) is 30.1 Å². The van der Waals surface area contributed by atoms with Crippen LogP contribution in [0.2, 0.25) is 0 Å². The first-order valence-corrected chi connectivity index (χ1v) is 8.97. The zero-order valence-corrected chi connectivity index (χ0v) is 13.4. The van der Waals surface area contributed by atoms with Gasteiger partial charge < -0.3 is 5.32 Å². The van der Waals surface area contributed by atoms with E-state index >= 15 is 0 Å². The van der Waals surface area contributed by atoms with E-state index in [1.807, 2.05) is 12.4 Å². The van der Waals surface area contributed by atoms with Crippen LogP contribution in [-0.4, -0.2) is 17.6 Å². The molecule has 0 aliphatic heterocycles. The van der Waals surface area contributed by atoms with Gasteiger partial charge in [-0.25, -0.2) is 0 Å². The number of hydrogen-bond donors (Lipinski definition) is 1. The van der Waals surface area contributed by atoms with E-state index in [9.17, 15) is 0 Å². The highest BCUT2D eigenvalue weighted by Crippen LogP contribution is 2.50. The molecule has 2 nitrogen and oxygen atoms in total. The molecule has 2 fully saturated rings. The first kappa shape index (κ1) is 15.0. The molecule has 0 spiro atoms. The van der Waals surface area contributed by atoms with Crippen molar-refractivity contribution in [1.82, 2.24) is 10.3 Å². The number of pyridine rings is 1. The Kier molecular flexibility index (Phi) is 5.29. The topological polar surface area (TPSA) is 24.9 Å². The van der Waals surface area contributed by atoms with Crippen molar-refractivity contribution in [3.8, 4) is 0 Å². The molecule has 2 saturated carbocycles. The summed E-state index contributed by atoms with van der Waals surface area (Å²) in [6, 6.07) is 4.97. The van der Waals surface area contributed by atoms with Gasteiger partial charge in [-0.2, -0.15) is 0 Å². The van der Waals surface area contributed by atoms with Crippen molar-refractivity contribution in [3.63, 3.8) is 0 Å². The van der Waals surface area contributed by atoms with Crippen LogP contribution >= 0.6 is 0 Å². The van der Waals surface area contributed by atoms with E-state index < -0.39 is 0 Å². The number of fused-ring (bicyclic) bond motifs is 2. The monoisotopic (exact) mass is 286 g/mol. The van der Waals surface area contributed by atoms with Crippen LogP contribution in [0, 0.1) is 17.8 Å². The molecule has 21 heavy (non-hydrogen) atoms. The number of nitrogens with one attached hydrogen (secondary N) is 1. The summed E-state index contributed by atoms with van der Waals surface area (Å²) < 4.78 is 0. The van der Waals surface area contributed by atoms with Crippen molar-refractivity contribution >= 4 is 0 Å². The van der Waals surface area contributed by atoms with Crippen molar-refractivity contribution < 1.29 is 0 Å². The third-order valence-electron chi connectivity index (χ3n) is 5.66. The average molecular weight is 286 g/mol. The molecule has 1 N–H and O–H groups in total. The van der Waals surface area contributed by atoms with Gasteiger partial charge in [0.1, 0.15) is 0 Å². The van der Waals surface area contributed by atoms with E-state index in [0.29, 0.717) is 6.04 Å². The van der Waals surface area contributed by atoms with Crippen LogP contribution in [0.3, 0.4) is 0 Å². The van der Waals surface area contributed by atoms with Gasteiger partial charge >= 0.3 is 0 Å². The third-order valence-corrected chi connectivity index (χ3v) is 5.66. The molecule has 2 bridgehead atoms. The Morgan fingerprint density at radius 3 is 2.95 bits per heavy atom. The minimum Gasteiger partial charge on any atom is -0.314 e. The van der Waals surface area contributed by atoms with Crippen molar-refractivity contribution in [2.75, 3.05) is 6.54 Å². The lowest BCUT2D eigenvalue weighted by atomic mass is 9.83. The lowest BCUT2D eigenvalue weighted by molar-refractivity contribution is 0.271. The van der Waals surface area contributed by atoms with Gasteiger partial charge in [0.05, 0.1) is 0 Å². The highest BCUT2D eigenvalue weighted by atomic mass is 14.9. The molecule has 2 aliphatic carbocycles. The Labute approximate surface area is 129 Å². The summed E-state index contributed by atoms with van der Waals surface area (Å²) in [5.41, 5.74) is 1.38. The number of rotatable bonds is 8. The first-order valence-electron chi connectivity index (χ1n) is 8.97. The number of aromatic nitrogens is 1. The lowest BCUT2D eigenvalue weighted by Crippen LogP contribution is -2.33. The summed E-state index contributed by atoms with van der Waals surface area (Å²) >= 11 is 0. The van der Waals surface area contributed by atoms with E-state index in [4.69, 9.17) is 0 Å². The molecule has 2 aliphatic rings. The summed E-state index contributed by atoms with van der Waals surface area (Å²) in [6.45, 7) is 3.43. The van der Waals surface area contributed by atoms with Gasteiger partial charge in [0.2, 0.25) is 0 Å². The van der Waals surface area contributed by atoms with Crippen molar-refractivity contribution in [2.24, 2.45) is 17.8 Å². The molecule has 1 aromatic rings. The molecule has 4 atom stereocenters. The SMILES string of the molecule is CCCNC(CCc1cccnc1)CC1CC2CCC1C2. The highest BCUT2D eigenvalue weighted by Gasteiger charge is 2.39. The molecule has 116 valence electrons. The summed E-state index contributed by atoms with van der Waals surface area (Å²) in [5.74, 6) is 3.14. The molecule has 0 aromatic carbocycles. The Morgan fingerprint density at radius 1 is 1.33 bits per heavy atom. The minimum absolute atomic E-state index is 0.703. The molecule has 4 unspecified atom stereocenters. The van der Waals surface area contributed by atoms with Crippen LogP contribution in [0.1, 0.15) is 57.4 Å². The number of nitrogens with zero attached hydrogens (tertiary/aromatic N) is 1. The predicted molar refractivity (Wildman–Crippen MR) is 88.2 cm³/mol. The van der Waals surface area contributed by atoms with E-state index in [1.54, 1.807) is 0 Å². The lowest BCUT2D eigenvalue weighted by Gasteiger charge is -2.27. The van der Waals surface area contributed by atoms with Gasteiger partial charge in [-0.05, 0) is 80.9 Å². The number of aryl methyl sites for hydroxylation is 1. The largest absolute Gasteiger partial charge is 0.314 e. The minimum atomic E-state index is 0.703. The molecular formula is C19H30N2. The second-order valence-corrected chi connectivity index (χ2v) is 7.22. The molecule has 1 aromatic heterocycles. The quantitative estimate of drug-likeness (QED) is 0.774. The van der Waals surface area contributed by atoms with Crippen LogP contribution in [0.4, 0.5) is 0 Å². The smallest absolute Gasteiger partial charge is 0.0299 e. The molecule has 1 heterocycles. The molecule has 0 amide bonds. The Hall–Kier alpha value is -0.890. The zero-order valence-electron chi connectivity index (χ0n) is 13.4. The molecule has 0 saturated heterocycles. The fourth-order valence-electron chi connectivity index (χ4n) is 4.57. The zero-order chi connectivity index (χ0) is 14.5. The van der Waals surface area contributed by atoms with Gasteiger partial charge in [0.15, 0.2) is 0 Å². The molecule has 3 rings (SSSR count). The maximum atomic E-state index is 4.24. The normalized spacial score (nSPS) is 28.9. The third kappa shape index (κ3) is 4.06. The Balaban J connectivity index is 1.51. The predicted octanol–water partition coefficient (Wildman–Crippen LogP) is 4.21. The van der Waals surface area contributed by atoms with Gasteiger partial charge in [0, 0.05) is 18.4 Å². The first-order chi connectivity index (χ1) is 10.3. The van der Waals surface area contributed by atoms with Gasteiger partial charge in [-0.15, -0.1) is 0 Å². The van der Waals surface area contributed by atoms with Crippen LogP contribution in [0.15, 0.2) is 24.5 Å². The van der Waals surface area contributed by atoms with Gasteiger partial charge in [-0.3, -0.25) is 4.98 Å². The second kappa shape index (κ2) is 7.40. The van der Waals surface area contributed by atoms with Gasteiger partial charge in [-0.1, -0.05) is 19.4 Å². The number of hydrogen-bond acceptors (Lipinski definition) is 2. The van der Waals surface area contributed by atoms with Crippen molar-refractivity contribution in [1.29, 1.82) is 0 Å². The fraction of sp³-hybridized carbons (Fsp3) is 0.737. The summed E-state index contributed by atoms with van der Waals surface area (Å²) in [6.07, 6.45) is 15.0. The maximum Gasteiger partial charge on any atom is 0.0299 e. The fourth-order valence-corrected chi connectivity index (χ4v) is 4.57. The Morgan fingerprint density at radius 2 is 2.29 bits per heavy atom. The summed E-state index contributed by atoms with van der Waals surface area (Å²) in [4.78, 5) is 4.24. The van der Waals surface area contributed by atoms with Crippen LogP contribution in [0.5, 0.6) is 0 Å². The van der Waals surface area contributed by atoms with E-state index in [0.717, 1.165) is 24.2 Å². The van der Waals surface area contributed by atoms with Crippen LogP contribution < -0.4 is 5.32 Å². The average Bonchev–Trinajstić information content (AvgIpc) is 3.13. The van der Waals surface area contributed by atoms with Crippen molar-refractivity contribution in [2.45, 2.75) is 64.3 Å². The molecule has 2 heteroatoms. The molecular weight excluding hydrogens is 256 g/mol. The van der Waals surface area contributed by atoms with E-state index in [1.165, 1.54) is 57.1 Å². The van der Waals surface area contributed by atoms with E-state index in [2.05, 4.69) is 29.4 Å². The maximum absolute atomic E-state index is 4.24. The van der Waals surface area contributed by atoms with Crippen LogP contribution in [0.25, 0.3) is 0 Å². The summed E-state index contributed by atoms with van der Waals surface area (Å²) in [7, 11) is 0.